The molecule has 70 heavy (non-hydrogen) atoms. The second kappa shape index (κ2) is 42.4. The van der Waals surface area contributed by atoms with Gasteiger partial charge in [-0.25, -0.2) is 4.79 Å². The summed E-state index contributed by atoms with van der Waals surface area (Å²) in [7, 11) is 29.3. The summed E-state index contributed by atoms with van der Waals surface area (Å²) in [4.78, 5) is 50.6. The third-order valence-electron chi connectivity index (χ3n) is 8.01. The van der Waals surface area contributed by atoms with Gasteiger partial charge in [0, 0.05) is 138 Å². The van der Waals surface area contributed by atoms with Crippen LogP contribution < -0.4 is 0 Å². The number of guanidine groups is 1. The van der Waals surface area contributed by atoms with E-state index < -0.39 is 0 Å². The summed E-state index contributed by atoms with van der Waals surface area (Å²) in [6, 6.07) is 0.0601. The largest absolute Gasteiger partial charge is 0.367 e. The van der Waals surface area contributed by atoms with Gasteiger partial charge in [-0.15, -0.1) is 0 Å². The number of amides is 3. The minimum Gasteiger partial charge on any atom is -0.367 e. The van der Waals surface area contributed by atoms with Crippen LogP contribution in [0.4, 0.5) is 4.79 Å². The van der Waals surface area contributed by atoms with Crippen molar-refractivity contribution in [2.24, 2.45) is 47.5 Å². The molecule has 0 aliphatic rings. The minimum atomic E-state index is 0. The average Bonchev–Trinajstić information content (AvgIpc) is 3.02. The highest BCUT2D eigenvalue weighted by atomic mass is 16.2. The molecule has 0 saturated carbocycles. The lowest BCUT2D eigenvalue weighted by Gasteiger charge is -2.31. The van der Waals surface area contributed by atoms with E-state index in [-0.39, 0.29) is 59.9 Å². The van der Waals surface area contributed by atoms with Crippen LogP contribution in [0.2, 0.25) is 0 Å². The predicted octanol–water partition coefficient (Wildman–Crippen LogP) is 13.5. The van der Waals surface area contributed by atoms with E-state index in [2.05, 4.69) is 175 Å². The summed E-state index contributed by atoms with van der Waals surface area (Å²) in [6.45, 7) is 47.7. The Bertz CT molecular complexity index is 1320. The highest BCUT2D eigenvalue weighted by Crippen LogP contribution is 2.20. The van der Waals surface area contributed by atoms with Crippen LogP contribution in [0, 0.1) is 32.5 Å². The lowest BCUT2D eigenvalue weighted by atomic mass is 9.91. The summed E-state index contributed by atoms with van der Waals surface area (Å²) in [6.07, 6.45) is 1.04. The van der Waals surface area contributed by atoms with Crippen molar-refractivity contribution in [3.8, 4) is 0 Å². The summed E-state index contributed by atoms with van der Waals surface area (Å²) >= 11 is 0. The van der Waals surface area contributed by atoms with Crippen molar-refractivity contribution in [2.75, 3.05) is 138 Å². The Hall–Kier alpha value is -3.09. The van der Waals surface area contributed by atoms with Crippen LogP contribution in [-0.4, -0.2) is 207 Å². The SMILES string of the molecule is C.C.C.C.C.CC(=NCC(C)(C)C)N(C)C.CC(=O)N(C)CC(C)(C)C.CN(C)C(=O)N(C)CC(C)(C)C.CN(C)CC(C)(C)C.CN=C(CC(C)(C)C)N(C)C.CN=C(N(C)C)N(C)CC(C)(C)C. The Balaban J connectivity index is -0.0000000657. The number of carbonyl (C=O) groups excluding carboxylic acids is 2. The van der Waals surface area contributed by atoms with Crippen LogP contribution in [0.3, 0.4) is 0 Å². The minimum absolute atomic E-state index is 0. The Labute approximate surface area is 444 Å². The van der Waals surface area contributed by atoms with E-state index in [9.17, 15) is 9.59 Å². The van der Waals surface area contributed by atoms with Gasteiger partial charge in [-0.2, -0.15) is 0 Å². The molecule has 0 aliphatic carbocycles. The van der Waals surface area contributed by atoms with Crippen LogP contribution in [-0.2, 0) is 4.79 Å². The quantitative estimate of drug-likeness (QED) is 0.193. The molecular formula is C57H137N11O2. The van der Waals surface area contributed by atoms with Crippen LogP contribution in [0.15, 0.2) is 15.0 Å². The number of amidine groups is 2. The Morgan fingerprint density at radius 3 is 0.871 bits per heavy atom. The third-order valence-corrected chi connectivity index (χ3v) is 8.01. The molecule has 0 radical (unpaired) electrons. The van der Waals surface area contributed by atoms with Gasteiger partial charge in [0.25, 0.3) is 0 Å². The predicted molar refractivity (Wildman–Crippen MR) is 327 cm³/mol. The molecule has 0 aromatic rings. The number of hydrogen-bond acceptors (Lipinski definition) is 6. The molecule has 3 amide bonds. The van der Waals surface area contributed by atoms with Crippen molar-refractivity contribution in [1.82, 2.24) is 39.2 Å². The number of nitrogens with zero attached hydrogens (tertiary/aromatic N) is 11. The number of hydrogen-bond donors (Lipinski definition) is 0. The molecule has 0 atom stereocenters. The molecule has 0 N–H and O–H groups in total. The normalized spacial score (nSPS) is 11.6. The first-order chi connectivity index (χ1) is 28.4. The van der Waals surface area contributed by atoms with E-state index >= 15 is 0 Å². The Morgan fingerprint density at radius 1 is 0.386 bits per heavy atom. The summed E-state index contributed by atoms with van der Waals surface area (Å²) in [5.41, 5.74) is 1.77. The van der Waals surface area contributed by atoms with Gasteiger partial charge in [0.15, 0.2) is 5.96 Å². The topological polar surface area (TPSA) is 97.1 Å². The molecule has 0 saturated heterocycles. The first kappa shape index (κ1) is 93.0. The number of rotatable bonds is 6. The van der Waals surface area contributed by atoms with E-state index in [0.717, 1.165) is 56.8 Å². The summed E-state index contributed by atoms with van der Waals surface area (Å²) in [5.74, 6) is 3.42. The van der Waals surface area contributed by atoms with Gasteiger partial charge in [-0.3, -0.25) is 19.8 Å². The van der Waals surface area contributed by atoms with Crippen molar-refractivity contribution in [3.05, 3.63) is 0 Å². The second-order valence-corrected chi connectivity index (χ2v) is 25.8. The zero-order valence-corrected chi connectivity index (χ0v) is 50.5. The first-order valence-electron chi connectivity index (χ1n) is 23.4. The van der Waals surface area contributed by atoms with Gasteiger partial charge in [0.05, 0.1) is 11.7 Å². The monoisotopic (exact) mass is 1010 g/mol. The fourth-order valence-corrected chi connectivity index (χ4v) is 5.79. The maximum atomic E-state index is 11.4. The number of carbonyl (C=O) groups is 2. The zero-order chi connectivity index (χ0) is 53.9. The molecule has 13 nitrogen and oxygen atoms in total. The van der Waals surface area contributed by atoms with Crippen LogP contribution >= 0.6 is 0 Å². The number of urea groups is 1. The van der Waals surface area contributed by atoms with Gasteiger partial charge in [0.2, 0.25) is 5.91 Å². The highest BCUT2D eigenvalue weighted by Gasteiger charge is 2.19. The summed E-state index contributed by atoms with van der Waals surface area (Å²) < 4.78 is 0. The van der Waals surface area contributed by atoms with Crippen molar-refractivity contribution < 1.29 is 9.59 Å². The molecule has 0 fully saturated rings. The van der Waals surface area contributed by atoms with Crippen LogP contribution in [0.25, 0.3) is 0 Å². The van der Waals surface area contributed by atoms with Gasteiger partial charge in [-0.05, 0) is 53.5 Å². The molecule has 0 aliphatic heterocycles. The standard InChI is InChI=1S/C10H23N3.C9H20N2O.2C9H20N2.C8H17NO.C7H17N.5CH4/c1-10(2,3)8-13(7)9(11-4)12(5)6;1-9(2,3)7-11(6)8(12)10(4)5;1-9(2,3)7-8(10-4)11(5)6;1-8(11(5)6)10-7-9(2,3)4;1-7(10)9(5)6-8(2,3)4;1-7(2,3)6-8(4)5;;;;;/h8H2,1-7H3;7H2,1-6H3;2*7H2,1-6H3;6H2,1-5H3;6H2,1-5H3;5*1H4. The molecule has 0 aromatic carbocycles. The first-order valence-corrected chi connectivity index (χ1v) is 23.4. The van der Waals surface area contributed by atoms with Gasteiger partial charge >= 0.3 is 6.03 Å². The van der Waals surface area contributed by atoms with E-state index in [0.29, 0.717) is 21.7 Å². The van der Waals surface area contributed by atoms with Crippen LogP contribution in [0.1, 0.15) is 182 Å². The molecule has 0 spiro atoms. The van der Waals surface area contributed by atoms with Gasteiger partial charge in [-0.1, -0.05) is 162 Å². The zero-order valence-electron chi connectivity index (χ0n) is 50.5. The highest BCUT2D eigenvalue weighted by molar-refractivity contribution is 5.82. The molecule has 13 heteroatoms. The second-order valence-electron chi connectivity index (χ2n) is 25.8. The van der Waals surface area contributed by atoms with Gasteiger partial charge < -0.3 is 39.2 Å². The molecule has 0 rings (SSSR count). The third kappa shape index (κ3) is 73.9. The molecule has 0 unspecified atom stereocenters. The van der Waals surface area contributed by atoms with Gasteiger partial charge in [0.1, 0.15) is 0 Å². The van der Waals surface area contributed by atoms with E-state index in [1.807, 2.05) is 87.2 Å². The fraction of sp³-hybridized carbons (Fsp3) is 0.912. The maximum absolute atomic E-state index is 11.4. The Morgan fingerprint density at radius 2 is 0.714 bits per heavy atom. The molecule has 0 aromatic heterocycles. The fourth-order valence-electron chi connectivity index (χ4n) is 5.79. The van der Waals surface area contributed by atoms with Crippen molar-refractivity contribution in [1.29, 1.82) is 0 Å². The van der Waals surface area contributed by atoms with Crippen LogP contribution in [0.5, 0.6) is 0 Å². The van der Waals surface area contributed by atoms with E-state index in [1.54, 1.807) is 35.7 Å². The van der Waals surface area contributed by atoms with Crippen molar-refractivity contribution >= 4 is 29.6 Å². The van der Waals surface area contributed by atoms with E-state index in [1.165, 1.54) is 0 Å². The molecule has 432 valence electrons. The molecule has 0 heterocycles. The van der Waals surface area contributed by atoms with E-state index in [4.69, 9.17) is 0 Å². The lowest BCUT2D eigenvalue weighted by molar-refractivity contribution is -0.128. The Kier molecular flexibility index (Phi) is 56.3. The lowest BCUT2D eigenvalue weighted by Crippen LogP contribution is -2.42. The number of aliphatic imine (C=N–C) groups is 3. The summed E-state index contributed by atoms with van der Waals surface area (Å²) in [5, 5.41) is 0. The average molecular weight is 1010 g/mol. The van der Waals surface area contributed by atoms with Crippen molar-refractivity contribution in [2.45, 2.75) is 182 Å². The smallest absolute Gasteiger partial charge is 0.319 e. The molecular weight excluding hydrogens is 871 g/mol. The molecule has 0 bridgehead atoms. The van der Waals surface area contributed by atoms with Crippen molar-refractivity contribution in [3.63, 3.8) is 0 Å². The maximum Gasteiger partial charge on any atom is 0.319 e.